The van der Waals surface area contributed by atoms with Gasteiger partial charge in [-0.25, -0.2) is 0 Å². The van der Waals surface area contributed by atoms with Crippen LogP contribution in [0, 0.1) is 5.41 Å². The van der Waals surface area contributed by atoms with Gasteiger partial charge in [0.05, 0.1) is 5.60 Å². The summed E-state index contributed by atoms with van der Waals surface area (Å²) in [4.78, 5) is 2.37. The van der Waals surface area contributed by atoms with E-state index in [1.54, 1.807) is 0 Å². The summed E-state index contributed by atoms with van der Waals surface area (Å²) in [6.07, 6.45) is 2.42. The lowest BCUT2D eigenvalue weighted by atomic mass is 9.84. The molecule has 116 valence electrons. The first-order valence-electron chi connectivity index (χ1n) is 7.80. The van der Waals surface area contributed by atoms with Gasteiger partial charge >= 0.3 is 0 Å². The second-order valence-corrected chi connectivity index (χ2v) is 7.21. The van der Waals surface area contributed by atoms with Gasteiger partial charge in [0.1, 0.15) is 0 Å². The van der Waals surface area contributed by atoms with Crippen molar-refractivity contribution in [1.82, 2.24) is 10.2 Å². The summed E-state index contributed by atoms with van der Waals surface area (Å²) in [7, 11) is 0. The molecule has 0 fully saturated rings. The normalized spacial score (nSPS) is 16.1. The number of rotatable bonds is 10. The Labute approximate surface area is 120 Å². The van der Waals surface area contributed by atoms with Gasteiger partial charge in [0.25, 0.3) is 0 Å². The van der Waals surface area contributed by atoms with E-state index in [-0.39, 0.29) is 5.41 Å². The highest BCUT2D eigenvalue weighted by atomic mass is 16.3. The molecule has 3 nitrogen and oxygen atoms in total. The van der Waals surface area contributed by atoms with E-state index in [0.717, 1.165) is 26.2 Å². The SMILES string of the molecule is CCCC(C)(CNC(C)C)CN(CC)CC(C)(C)O. The molecule has 0 aromatic carbocycles. The number of aliphatic hydroxyl groups is 1. The van der Waals surface area contributed by atoms with Gasteiger partial charge in [-0.15, -0.1) is 0 Å². The molecule has 0 radical (unpaired) electrons. The van der Waals surface area contributed by atoms with Crippen LogP contribution in [-0.4, -0.2) is 47.8 Å². The Kier molecular flexibility index (Phi) is 8.18. The van der Waals surface area contributed by atoms with Crippen LogP contribution >= 0.6 is 0 Å². The van der Waals surface area contributed by atoms with Crippen molar-refractivity contribution in [2.45, 2.75) is 73.0 Å². The number of hydrogen-bond acceptors (Lipinski definition) is 3. The molecule has 2 N–H and O–H groups in total. The fraction of sp³-hybridized carbons (Fsp3) is 1.00. The van der Waals surface area contributed by atoms with Crippen molar-refractivity contribution in [2.75, 3.05) is 26.2 Å². The maximum Gasteiger partial charge on any atom is 0.0718 e. The molecule has 0 aliphatic heterocycles. The summed E-state index contributed by atoms with van der Waals surface area (Å²) < 4.78 is 0. The average Bonchev–Trinajstić information content (AvgIpc) is 2.24. The molecule has 0 heterocycles. The largest absolute Gasteiger partial charge is 0.389 e. The van der Waals surface area contributed by atoms with Gasteiger partial charge in [0, 0.05) is 25.7 Å². The van der Waals surface area contributed by atoms with E-state index in [1.165, 1.54) is 12.8 Å². The van der Waals surface area contributed by atoms with Crippen molar-refractivity contribution in [2.24, 2.45) is 5.41 Å². The van der Waals surface area contributed by atoms with Crippen LogP contribution in [0.25, 0.3) is 0 Å². The van der Waals surface area contributed by atoms with E-state index < -0.39 is 5.60 Å². The first kappa shape index (κ1) is 18.9. The minimum Gasteiger partial charge on any atom is -0.389 e. The topological polar surface area (TPSA) is 35.5 Å². The Bertz CT molecular complexity index is 235. The van der Waals surface area contributed by atoms with Gasteiger partial charge in [-0.2, -0.15) is 0 Å². The highest BCUT2D eigenvalue weighted by molar-refractivity contribution is 4.83. The molecule has 0 saturated heterocycles. The Morgan fingerprint density at radius 2 is 1.68 bits per heavy atom. The average molecular weight is 272 g/mol. The second kappa shape index (κ2) is 8.23. The van der Waals surface area contributed by atoms with Gasteiger partial charge in [-0.3, -0.25) is 0 Å². The van der Waals surface area contributed by atoms with Crippen LogP contribution in [0.1, 0.15) is 61.3 Å². The quantitative estimate of drug-likeness (QED) is 0.642. The van der Waals surface area contributed by atoms with Crippen molar-refractivity contribution in [3.05, 3.63) is 0 Å². The zero-order valence-electron chi connectivity index (χ0n) is 14.2. The van der Waals surface area contributed by atoms with E-state index in [0.29, 0.717) is 6.04 Å². The molecule has 3 heteroatoms. The van der Waals surface area contributed by atoms with Crippen LogP contribution in [0.3, 0.4) is 0 Å². The smallest absolute Gasteiger partial charge is 0.0718 e. The van der Waals surface area contributed by atoms with E-state index in [2.05, 4.69) is 44.8 Å². The third-order valence-electron chi connectivity index (χ3n) is 3.45. The van der Waals surface area contributed by atoms with E-state index in [1.807, 2.05) is 13.8 Å². The number of nitrogens with zero attached hydrogens (tertiary/aromatic N) is 1. The van der Waals surface area contributed by atoms with Gasteiger partial charge in [0.2, 0.25) is 0 Å². The molecule has 19 heavy (non-hydrogen) atoms. The predicted molar refractivity (Wildman–Crippen MR) is 84.6 cm³/mol. The van der Waals surface area contributed by atoms with Crippen LogP contribution in [0.2, 0.25) is 0 Å². The third kappa shape index (κ3) is 9.42. The first-order chi connectivity index (χ1) is 8.62. The minimum atomic E-state index is -0.616. The zero-order valence-corrected chi connectivity index (χ0v) is 14.2. The summed E-state index contributed by atoms with van der Waals surface area (Å²) in [6.45, 7) is 18.8. The lowest BCUT2D eigenvalue weighted by Gasteiger charge is -2.38. The summed E-state index contributed by atoms with van der Waals surface area (Å²) in [6, 6.07) is 0.528. The Morgan fingerprint density at radius 1 is 1.11 bits per heavy atom. The molecule has 1 unspecified atom stereocenters. The maximum atomic E-state index is 10.0. The fourth-order valence-electron chi connectivity index (χ4n) is 2.64. The van der Waals surface area contributed by atoms with Crippen molar-refractivity contribution in [3.8, 4) is 0 Å². The second-order valence-electron chi connectivity index (χ2n) is 7.21. The maximum absolute atomic E-state index is 10.0. The fourth-order valence-corrected chi connectivity index (χ4v) is 2.64. The van der Waals surface area contributed by atoms with E-state index in [4.69, 9.17) is 0 Å². The molecular formula is C16H36N2O. The molecule has 0 spiro atoms. The Balaban J connectivity index is 4.59. The molecule has 0 bridgehead atoms. The van der Waals surface area contributed by atoms with Crippen LogP contribution in [0.4, 0.5) is 0 Å². The van der Waals surface area contributed by atoms with Crippen molar-refractivity contribution in [3.63, 3.8) is 0 Å². The third-order valence-corrected chi connectivity index (χ3v) is 3.45. The molecule has 0 amide bonds. The molecule has 0 saturated carbocycles. The van der Waals surface area contributed by atoms with Gasteiger partial charge in [0.15, 0.2) is 0 Å². The van der Waals surface area contributed by atoms with Crippen molar-refractivity contribution >= 4 is 0 Å². The van der Waals surface area contributed by atoms with Gasteiger partial charge < -0.3 is 15.3 Å². The highest BCUT2D eigenvalue weighted by Crippen LogP contribution is 2.25. The molecule has 0 rings (SSSR count). The molecular weight excluding hydrogens is 236 g/mol. The zero-order chi connectivity index (χ0) is 15.1. The number of hydrogen-bond donors (Lipinski definition) is 2. The Hall–Kier alpha value is -0.120. The lowest BCUT2D eigenvalue weighted by molar-refractivity contribution is 0.0223. The minimum absolute atomic E-state index is 0.278. The van der Waals surface area contributed by atoms with E-state index in [9.17, 15) is 5.11 Å². The van der Waals surface area contributed by atoms with E-state index >= 15 is 0 Å². The van der Waals surface area contributed by atoms with Crippen LogP contribution in [-0.2, 0) is 0 Å². The molecule has 0 aromatic rings. The van der Waals surface area contributed by atoms with Crippen LogP contribution in [0.15, 0.2) is 0 Å². The van der Waals surface area contributed by atoms with Crippen LogP contribution in [0.5, 0.6) is 0 Å². The summed E-state index contributed by atoms with van der Waals surface area (Å²) >= 11 is 0. The number of likely N-dealkylation sites (N-methyl/N-ethyl adjacent to an activating group) is 1. The lowest BCUT2D eigenvalue weighted by Crippen LogP contribution is -2.47. The Morgan fingerprint density at radius 3 is 2.05 bits per heavy atom. The highest BCUT2D eigenvalue weighted by Gasteiger charge is 2.28. The molecule has 0 aromatic heterocycles. The summed E-state index contributed by atoms with van der Waals surface area (Å²) in [5.74, 6) is 0. The van der Waals surface area contributed by atoms with Crippen molar-refractivity contribution < 1.29 is 5.11 Å². The monoisotopic (exact) mass is 272 g/mol. The predicted octanol–water partition coefficient (Wildman–Crippen LogP) is 2.88. The van der Waals surface area contributed by atoms with Crippen molar-refractivity contribution in [1.29, 1.82) is 0 Å². The standard InChI is InChI=1S/C16H36N2O/c1-8-10-16(7,11-17-14(3)4)13-18(9-2)12-15(5,6)19/h14,17,19H,8-13H2,1-7H3. The summed E-state index contributed by atoms with van der Waals surface area (Å²) in [5.41, 5.74) is -0.338. The van der Waals surface area contributed by atoms with Gasteiger partial charge in [-0.1, -0.05) is 41.0 Å². The molecule has 0 aliphatic rings. The summed E-state index contributed by atoms with van der Waals surface area (Å²) in [5, 5.41) is 13.6. The molecule has 1 atom stereocenters. The van der Waals surface area contributed by atoms with Gasteiger partial charge in [-0.05, 0) is 32.2 Å². The number of nitrogens with one attached hydrogen (secondary N) is 1. The first-order valence-corrected chi connectivity index (χ1v) is 7.80. The molecule has 0 aliphatic carbocycles. The van der Waals surface area contributed by atoms with Crippen LogP contribution < -0.4 is 5.32 Å².